The van der Waals surface area contributed by atoms with Crippen molar-refractivity contribution in [3.05, 3.63) is 53.0 Å². The Balaban J connectivity index is 1.93. The lowest BCUT2D eigenvalue weighted by atomic mass is 9.97. The van der Waals surface area contributed by atoms with Gasteiger partial charge >= 0.3 is 6.18 Å². The smallest absolute Gasteiger partial charge is 0.408 e. The van der Waals surface area contributed by atoms with Gasteiger partial charge in [-0.2, -0.15) is 18.3 Å². The second-order valence-corrected chi connectivity index (χ2v) is 7.28. The molecule has 0 aliphatic carbocycles. The number of benzene rings is 1. The van der Waals surface area contributed by atoms with E-state index in [9.17, 15) is 18.0 Å². The molecule has 0 saturated carbocycles. The molecule has 0 spiro atoms. The zero-order valence-electron chi connectivity index (χ0n) is 18.2. The first-order valence-corrected chi connectivity index (χ1v) is 9.60. The molecule has 0 fully saturated rings. The van der Waals surface area contributed by atoms with E-state index >= 15 is 0 Å². The zero-order chi connectivity index (χ0) is 23.6. The van der Waals surface area contributed by atoms with Crippen LogP contribution in [-0.4, -0.2) is 54.5 Å². The number of aryl methyl sites for hydroxylation is 1. The number of allylic oxidation sites excluding steroid dienone is 1. The normalized spacial score (nSPS) is 13.8. The van der Waals surface area contributed by atoms with E-state index in [0.29, 0.717) is 27.9 Å². The van der Waals surface area contributed by atoms with E-state index in [4.69, 9.17) is 9.47 Å². The number of hydrogen-bond donors (Lipinski definition) is 0. The lowest BCUT2D eigenvalue weighted by molar-refractivity contribution is -0.140. The van der Waals surface area contributed by atoms with Gasteiger partial charge in [0, 0.05) is 35.9 Å². The van der Waals surface area contributed by atoms with E-state index in [1.165, 1.54) is 25.3 Å². The molecule has 1 aromatic carbocycles. The van der Waals surface area contributed by atoms with Gasteiger partial charge in [-0.05, 0) is 42.7 Å². The topological polar surface area (TPSA) is 67.3 Å². The van der Waals surface area contributed by atoms with Crippen molar-refractivity contribution in [2.24, 2.45) is 5.10 Å². The molecule has 0 N–H and O–H groups in total. The molecule has 1 aliphatic heterocycles. The number of hydrazone groups is 1. The van der Waals surface area contributed by atoms with Crippen LogP contribution < -0.4 is 9.47 Å². The highest BCUT2D eigenvalue weighted by molar-refractivity contribution is 6.01. The predicted octanol–water partition coefficient (Wildman–Crippen LogP) is 4.37. The molecule has 10 heteroatoms. The molecule has 1 aromatic heterocycles. The molecule has 0 radical (unpaired) electrons. The minimum absolute atomic E-state index is 0.225. The van der Waals surface area contributed by atoms with Crippen LogP contribution in [0.3, 0.4) is 0 Å². The van der Waals surface area contributed by atoms with E-state index in [0.717, 1.165) is 22.3 Å². The van der Waals surface area contributed by atoms with Crippen LogP contribution >= 0.6 is 0 Å². The third-order valence-corrected chi connectivity index (χ3v) is 5.05. The summed E-state index contributed by atoms with van der Waals surface area (Å²) < 4.78 is 48.6. The number of carbonyl (C=O) groups is 1. The summed E-state index contributed by atoms with van der Waals surface area (Å²) in [7, 11) is 3.01. The standard InChI is InChI=1S/C22H23F3N4O3/c1-13-6-15(16-8-18(31-4)20(32-5)27-9-16)7-17-11-29(21(30)19(13)17)14(2)10-28(26-3)12-22(23,24)25/h6-10H,3,11-12H2,1-2,4-5H3/b14-10+. The summed E-state index contributed by atoms with van der Waals surface area (Å²) in [6.07, 6.45) is -1.64. The molecule has 0 saturated heterocycles. The number of hydrogen-bond acceptors (Lipinski definition) is 6. The summed E-state index contributed by atoms with van der Waals surface area (Å²) >= 11 is 0. The van der Waals surface area contributed by atoms with Crippen LogP contribution in [0.25, 0.3) is 11.1 Å². The van der Waals surface area contributed by atoms with E-state index < -0.39 is 12.7 Å². The van der Waals surface area contributed by atoms with Crippen molar-refractivity contribution in [1.82, 2.24) is 14.9 Å². The fraction of sp³-hybridized carbons (Fsp3) is 0.318. The van der Waals surface area contributed by atoms with Gasteiger partial charge in [0.2, 0.25) is 0 Å². The minimum atomic E-state index is -4.45. The maximum absolute atomic E-state index is 13.0. The Bertz CT molecular complexity index is 1080. The Morgan fingerprint density at radius 1 is 1.28 bits per heavy atom. The van der Waals surface area contributed by atoms with Gasteiger partial charge in [-0.1, -0.05) is 6.07 Å². The molecule has 0 unspecified atom stereocenters. The Kier molecular flexibility index (Phi) is 6.42. The van der Waals surface area contributed by atoms with Crippen molar-refractivity contribution in [1.29, 1.82) is 0 Å². The highest BCUT2D eigenvalue weighted by Crippen LogP contribution is 2.35. The molecule has 0 atom stereocenters. The Morgan fingerprint density at radius 3 is 2.59 bits per heavy atom. The number of ether oxygens (including phenoxy) is 2. The lowest BCUT2D eigenvalue weighted by Gasteiger charge is -2.21. The van der Waals surface area contributed by atoms with Gasteiger partial charge in [0.25, 0.3) is 11.8 Å². The fourth-order valence-corrected chi connectivity index (χ4v) is 3.61. The average Bonchev–Trinajstić information content (AvgIpc) is 3.08. The Morgan fingerprint density at radius 2 is 2.00 bits per heavy atom. The van der Waals surface area contributed by atoms with E-state index in [1.807, 2.05) is 19.1 Å². The summed E-state index contributed by atoms with van der Waals surface area (Å²) in [6, 6.07) is 5.52. The Hall–Kier alpha value is -3.56. The van der Waals surface area contributed by atoms with Gasteiger partial charge in [-0.3, -0.25) is 9.80 Å². The maximum Gasteiger partial charge on any atom is 0.408 e. The van der Waals surface area contributed by atoms with Gasteiger partial charge in [0.1, 0.15) is 6.54 Å². The van der Waals surface area contributed by atoms with Crippen molar-refractivity contribution in [3.63, 3.8) is 0 Å². The highest BCUT2D eigenvalue weighted by Gasteiger charge is 2.33. The number of pyridine rings is 1. The third-order valence-electron chi connectivity index (χ3n) is 5.05. The number of aromatic nitrogens is 1. The monoisotopic (exact) mass is 448 g/mol. The lowest BCUT2D eigenvalue weighted by Crippen LogP contribution is -2.29. The van der Waals surface area contributed by atoms with Gasteiger partial charge in [0.15, 0.2) is 5.75 Å². The molecule has 7 nitrogen and oxygen atoms in total. The first kappa shape index (κ1) is 23.1. The van der Waals surface area contributed by atoms with E-state index in [2.05, 4.69) is 16.8 Å². The average molecular weight is 448 g/mol. The second-order valence-electron chi connectivity index (χ2n) is 7.28. The molecule has 0 bridgehead atoms. The molecule has 2 aromatic rings. The molecule has 32 heavy (non-hydrogen) atoms. The van der Waals surface area contributed by atoms with E-state index in [-0.39, 0.29) is 12.5 Å². The molecule has 3 rings (SSSR count). The predicted molar refractivity (Wildman–Crippen MR) is 113 cm³/mol. The first-order chi connectivity index (χ1) is 15.1. The number of fused-ring (bicyclic) bond motifs is 1. The van der Waals surface area contributed by atoms with Crippen molar-refractivity contribution in [2.45, 2.75) is 26.6 Å². The number of nitrogens with zero attached hydrogens (tertiary/aromatic N) is 4. The van der Waals surface area contributed by atoms with Crippen LogP contribution in [0, 0.1) is 6.92 Å². The van der Waals surface area contributed by atoms with Crippen molar-refractivity contribution >= 4 is 12.6 Å². The third kappa shape index (κ3) is 4.68. The van der Waals surface area contributed by atoms with Crippen LogP contribution in [0.2, 0.25) is 0 Å². The van der Waals surface area contributed by atoms with Gasteiger partial charge in [-0.25, -0.2) is 4.98 Å². The summed E-state index contributed by atoms with van der Waals surface area (Å²) in [5, 5.41) is 4.05. The SMILES string of the molecule is C=NN(/C=C(\C)N1Cc2cc(-c3cnc(OC)c(OC)c3)cc(C)c2C1=O)CC(F)(F)F. The first-order valence-electron chi connectivity index (χ1n) is 9.60. The number of carbonyl (C=O) groups excluding carboxylic acids is 1. The fourth-order valence-electron chi connectivity index (χ4n) is 3.61. The van der Waals surface area contributed by atoms with Crippen LogP contribution in [0.1, 0.15) is 28.4 Å². The quantitative estimate of drug-likeness (QED) is 0.465. The van der Waals surface area contributed by atoms with E-state index in [1.54, 1.807) is 19.2 Å². The summed E-state index contributed by atoms with van der Waals surface area (Å²) in [5.41, 5.74) is 3.99. The van der Waals surface area contributed by atoms with Crippen molar-refractivity contribution in [2.75, 3.05) is 20.8 Å². The van der Waals surface area contributed by atoms with Crippen LogP contribution in [-0.2, 0) is 6.54 Å². The van der Waals surface area contributed by atoms with Crippen molar-refractivity contribution in [3.8, 4) is 22.8 Å². The molecule has 1 amide bonds. The second kappa shape index (κ2) is 8.89. The molecular formula is C22H23F3N4O3. The van der Waals surface area contributed by atoms with Crippen LogP contribution in [0.5, 0.6) is 11.6 Å². The van der Waals surface area contributed by atoms with Crippen LogP contribution in [0.15, 0.2) is 41.4 Å². The largest absolute Gasteiger partial charge is 0.491 e. The number of rotatable bonds is 7. The minimum Gasteiger partial charge on any atom is -0.491 e. The van der Waals surface area contributed by atoms with Gasteiger partial charge in [-0.15, -0.1) is 0 Å². The van der Waals surface area contributed by atoms with Gasteiger partial charge in [0.05, 0.1) is 20.8 Å². The van der Waals surface area contributed by atoms with Crippen LogP contribution in [0.4, 0.5) is 13.2 Å². The summed E-state index contributed by atoms with van der Waals surface area (Å²) in [5.74, 6) is 0.552. The molecule has 170 valence electrons. The molecular weight excluding hydrogens is 425 g/mol. The number of alkyl halides is 3. The van der Waals surface area contributed by atoms with Gasteiger partial charge < -0.3 is 14.4 Å². The number of methoxy groups -OCH3 is 2. The molecule has 1 aliphatic rings. The summed E-state index contributed by atoms with van der Waals surface area (Å²) in [6.45, 7) is 5.48. The molecule has 2 heterocycles. The number of amides is 1. The van der Waals surface area contributed by atoms with Crippen molar-refractivity contribution < 1.29 is 27.4 Å². The zero-order valence-corrected chi connectivity index (χ0v) is 18.2. The number of halogens is 3. The highest BCUT2D eigenvalue weighted by atomic mass is 19.4. The summed E-state index contributed by atoms with van der Waals surface area (Å²) in [4.78, 5) is 18.7. The maximum atomic E-state index is 13.0. The Labute approximate surface area is 183 Å².